The van der Waals surface area contributed by atoms with Crippen LogP contribution in [0.5, 0.6) is 0 Å². The smallest absolute Gasteiger partial charge is 0.189 e. The molecule has 0 saturated heterocycles. The molecule has 0 aliphatic carbocycles. The van der Waals surface area contributed by atoms with Gasteiger partial charge in [0.25, 0.3) is 0 Å². The van der Waals surface area contributed by atoms with E-state index in [1.807, 2.05) is 0 Å². The highest BCUT2D eigenvalue weighted by atomic mass is 32.1. The molecule has 2 aromatic rings. The summed E-state index contributed by atoms with van der Waals surface area (Å²) in [5.41, 5.74) is 3.56. The third kappa shape index (κ3) is 3.09. The van der Waals surface area contributed by atoms with E-state index >= 15 is 0 Å². The normalized spacial score (nSPS) is 10.6. The molecule has 0 atom stereocenters. The van der Waals surface area contributed by atoms with Crippen LogP contribution in [0.3, 0.4) is 0 Å². The molecular weight excluding hydrogens is 242 g/mol. The van der Waals surface area contributed by atoms with Crippen molar-refractivity contribution in [3.05, 3.63) is 40.9 Å². The van der Waals surface area contributed by atoms with Crippen LogP contribution in [0.2, 0.25) is 0 Å². The molecule has 1 N–H and O–H groups in total. The van der Waals surface area contributed by atoms with Gasteiger partial charge in [0.2, 0.25) is 0 Å². The summed E-state index contributed by atoms with van der Waals surface area (Å²) < 4.78 is 0. The van der Waals surface area contributed by atoms with Gasteiger partial charge in [0.15, 0.2) is 5.13 Å². The quantitative estimate of drug-likeness (QED) is 0.895. The molecule has 1 aromatic carbocycles. The Balaban J connectivity index is 2.10. The molecule has 3 nitrogen and oxygen atoms in total. The Labute approximate surface area is 112 Å². The van der Waals surface area contributed by atoms with Crippen LogP contribution in [0, 0.1) is 6.92 Å². The van der Waals surface area contributed by atoms with Crippen LogP contribution < -0.4 is 10.2 Å². The molecule has 4 heteroatoms. The van der Waals surface area contributed by atoms with Crippen molar-refractivity contribution >= 4 is 22.2 Å². The van der Waals surface area contributed by atoms with Gasteiger partial charge in [0.1, 0.15) is 0 Å². The molecule has 0 bridgehead atoms. The highest BCUT2D eigenvalue weighted by Crippen LogP contribution is 2.26. The van der Waals surface area contributed by atoms with Gasteiger partial charge in [-0.15, -0.1) is 11.3 Å². The summed E-state index contributed by atoms with van der Waals surface area (Å²) in [5, 5.41) is 6.44. The zero-order chi connectivity index (χ0) is 13.0. The maximum Gasteiger partial charge on any atom is 0.189 e. The summed E-state index contributed by atoms with van der Waals surface area (Å²) in [5.74, 6) is 0. The van der Waals surface area contributed by atoms with Gasteiger partial charge in [0.05, 0.1) is 5.69 Å². The first-order valence-corrected chi connectivity index (χ1v) is 7.04. The predicted octanol–water partition coefficient (Wildman–Crippen LogP) is 3.33. The topological polar surface area (TPSA) is 28.2 Å². The first-order valence-electron chi connectivity index (χ1n) is 6.16. The van der Waals surface area contributed by atoms with E-state index in [0.29, 0.717) is 0 Å². The van der Waals surface area contributed by atoms with Gasteiger partial charge in [-0.3, -0.25) is 0 Å². The largest absolute Gasteiger partial charge is 0.321 e. The third-order valence-electron chi connectivity index (χ3n) is 2.80. The molecule has 0 fully saturated rings. The zero-order valence-electron chi connectivity index (χ0n) is 11.1. The van der Waals surface area contributed by atoms with Crippen LogP contribution in [-0.4, -0.2) is 18.6 Å². The number of hydrogen-bond donors (Lipinski definition) is 1. The average molecular weight is 261 g/mol. The minimum atomic E-state index is 0.842. The van der Waals surface area contributed by atoms with Crippen LogP contribution in [0.25, 0.3) is 0 Å². The molecule has 0 amide bonds. The lowest BCUT2D eigenvalue weighted by atomic mass is 10.2. The minimum Gasteiger partial charge on any atom is -0.321 e. The third-order valence-corrected chi connectivity index (χ3v) is 3.77. The molecule has 96 valence electrons. The Morgan fingerprint density at radius 3 is 2.67 bits per heavy atom. The van der Waals surface area contributed by atoms with Crippen molar-refractivity contribution in [3.63, 3.8) is 0 Å². The summed E-state index contributed by atoms with van der Waals surface area (Å²) in [4.78, 5) is 6.75. The van der Waals surface area contributed by atoms with E-state index in [1.54, 1.807) is 11.3 Å². The van der Waals surface area contributed by atoms with E-state index < -0.39 is 0 Å². The summed E-state index contributed by atoms with van der Waals surface area (Å²) in [7, 11) is 2.06. The highest BCUT2D eigenvalue weighted by Gasteiger charge is 2.08. The number of benzene rings is 1. The maximum atomic E-state index is 4.63. The number of hydrogen-bond acceptors (Lipinski definition) is 4. The second kappa shape index (κ2) is 5.98. The van der Waals surface area contributed by atoms with Gasteiger partial charge in [-0.1, -0.05) is 24.6 Å². The van der Waals surface area contributed by atoms with E-state index in [-0.39, 0.29) is 0 Å². The number of nitrogens with one attached hydrogen (secondary N) is 1. The second-order valence-electron chi connectivity index (χ2n) is 4.30. The maximum absolute atomic E-state index is 4.63. The summed E-state index contributed by atoms with van der Waals surface area (Å²) in [6.45, 7) is 6.02. The molecule has 2 rings (SSSR count). The number of anilines is 2. The van der Waals surface area contributed by atoms with Crippen molar-refractivity contribution in [2.75, 3.05) is 18.5 Å². The fraction of sp³-hybridized carbons (Fsp3) is 0.357. The molecule has 0 radical (unpaired) electrons. The predicted molar refractivity (Wildman–Crippen MR) is 78.7 cm³/mol. The van der Waals surface area contributed by atoms with Crippen LogP contribution in [0.1, 0.15) is 18.2 Å². The molecule has 18 heavy (non-hydrogen) atoms. The van der Waals surface area contributed by atoms with Crippen molar-refractivity contribution in [2.24, 2.45) is 0 Å². The van der Waals surface area contributed by atoms with E-state index in [4.69, 9.17) is 0 Å². The molecule has 0 saturated carbocycles. The number of thiazole rings is 1. The van der Waals surface area contributed by atoms with Crippen LogP contribution in [-0.2, 0) is 6.54 Å². The van der Waals surface area contributed by atoms with Crippen LogP contribution >= 0.6 is 11.3 Å². The van der Waals surface area contributed by atoms with Crippen molar-refractivity contribution in [2.45, 2.75) is 20.4 Å². The number of nitrogens with zero attached hydrogens (tertiary/aromatic N) is 2. The molecular formula is C14H19N3S. The number of aromatic nitrogens is 1. The van der Waals surface area contributed by atoms with E-state index in [2.05, 4.69) is 65.7 Å². The van der Waals surface area contributed by atoms with Crippen LogP contribution in [0.15, 0.2) is 29.6 Å². The van der Waals surface area contributed by atoms with Gasteiger partial charge in [-0.25, -0.2) is 4.98 Å². The van der Waals surface area contributed by atoms with E-state index in [9.17, 15) is 0 Å². The van der Waals surface area contributed by atoms with Crippen molar-refractivity contribution in [3.8, 4) is 0 Å². The van der Waals surface area contributed by atoms with Gasteiger partial charge < -0.3 is 10.2 Å². The van der Waals surface area contributed by atoms with Crippen LogP contribution in [0.4, 0.5) is 10.8 Å². The lowest BCUT2D eigenvalue weighted by Gasteiger charge is -2.15. The average Bonchev–Trinajstić information content (AvgIpc) is 2.85. The Bertz CT molecular complexity index is 490. The van der Waals surface area contributed by atoms with E-state index in [0.717, 1.165) is 23.9 Å². The molecule has 1 aromatic heterocycles. The molecule has 1 heterocycles. The summed E-state index contributed by atoms with van der Waals surface area (Å²) in [6.07, 6.45) is 0. The Hall–Kier alpha value is -1.39. The second-order valence-corrected chi connectivity index (χ2v) is 5.13. The van der Waals surface area contributed by atoms with Gasteiger partial charge in [0, 0.05) is 24.7 Å². The minimum absolute atomic E-state index is 0.842. The van der Waals surface area contributed by atoms with Crippen molar-refractivity contribution in [1.29, 1.82) is 0 Å². The molecule has 0 spiro atoms. The fourth-order valence-corrected chi connectivity index (χ4v) is 2.47. The molecule has 0 aliphatic rings. The lowest BCUT2D eigenvalue weighted by Crippen LogP contribution is -2.13. The van der Waals surface area contributed by atoms with Crippen molar-refractivity contribution < 1.29 is 0 Å². The summed E-state index contributed by atoms with van der Waals surface area (Å²) >= 11 is 1.68. The first-order chi connectivity index (χ1) is 8.70. The standard InChI is InChI=1S/C14H19N3S/c1-4-15-9-12-10-18-14(16-12)17(3)13-7-5-11(2)6-8-13/h5-8,10,15H,4,9H2,1-3H3. The lowest BCUT2D eigenvalue weighted by molar-refractivity contribution is 0.714. The van der Waals surface area contributed by atoms with Gasteiger partial charge in [-0.2, -0.15) is 0 Å². The highest BCUT2D eigenvalue weighted by molar-refractivity contribution is 7.13. The monoisotopic (exact) mass is 261 g/mol. The summed E-state index contributed by atoms with van der Waals surface area (Å²) in [6, 6.07) is 8.50. The van der Waals surface area contributed by atoms with Crippen molar-refractivity contribution in [1.82, 2.24) is 10.3 Å². The van der Waals surface area contributed by atoms with E-state index in [1.165, 1.54) is 11.3 Å². The first kappa shape index (κ1) is 13.1. The number of aryl methyl sites for hydroxylation is 1. The SMILES string of the molecule is CCNCc1csc(N(C)c2ccc(C)cc2)n1. The number of rotatable bonds is 5. The van der Waals surface area contributed by atoms with Gasteiger partial charge >= 0.3 is 0 Å². The fourth-order valence-electron chi connectivity index (χ4n) is 1.66. The van der Waals surface area contributed by atoms with Gasteiger partial charge in [-0.05, 0) is 25.6 Å². The molecule has 0 unspecified atom stereocenters. The zero-order valence-corrected chi connectivity index (χ0v) is 11.9. The Morgan fingerprint density at radius 2 is 2.00 bits per heavy atom. The molecule has 0 aliphatic heterocycles. The Kier molecular flexibility index (Phi) is 4.33. The Morgan fingerprint density at radius 1 is 1.28 bits per heavy atom.